The van der Waals surface area contributed by atoms with Crippen LogP contribution >= 0.6 is 0 Å². The minimum absolute atomic E-state index is 0.0228. The maximum atomic E-state index is 12.0. The van der Waals surface area contributed by atoms with E-state index < -0.39 is 11.9 Å². The number of amides is 2. The van der Waals surface area contributed by atoms with Gasteiger partial charge in [-0.2, -0.15) is 0 Å². The standard InChI is InChI=1S/C12H21N3O3/c1-9-7-14(8-10(9)11(16)17)12(18)13-15-5-3-2-4-6-15/h9-10H,2-8H2,1H3,(H,13,18)(H,16,17)/t9-,10-/m1/s1. The van der Waals surface area contributed by atoms with E-state index in [9.17, 15) is 9.59 Å². The fraction of sp³-hybridized carbons (Fsp3) is 0.833. The molecule has 2 heterocycles. The summed E-state index contributed by atoms with van der Waals surface area (Å²) in [6.45, 7) is 4.49. The van der Waals surface area contributed by atoms with Gasteiger partial charge in [0.15, 0.2) is 0 Å². The number of aliphatic carboxylic acids is 1. The number of nitrogens with one attached hydrogen (secondary N) is 1. The van der Waals surface area contributed by atoms with Crippen LogP contribution in [0.1, 0.15) is 26.2 Å². The molecule has 2 aliphatic rings. The zero-order valence-corrected chi connectivity index (χ0v) is 10.8. The number of hydrazine groups is 1. The van der Waals surface area contributed by atoms with E-state index in [1.54, 1.807) is 4.90 Å². The van der Waals surface area contributed by atoms with Crippen molar-refractivity contribution in [1.29, 1.82) is 0 Å². The molecule has 2 saturated heterocycles. The number of carboxylic acid groups (broad SMARTS) is 1. The molecule has 0 aromatic rings. The predicted molar refractivity (Wildman–Crippen MR) is 65.8 cm³/mol. The van der Waals surface area contributed by atoms with Gasteiger partial charge < -0.3 is 10.0 Å². The summed E-state index contributed by atoms with van der Waals surface area (Å²) in [5.74, 6) is -1.22. The first-order chi connectivity index (χ1) is 8.58. The number of rotatable bonds is 2. The molecule has 0 unspecified atom stereocenters. The molecule has 2 N–H and O–H groups in total. The highest BCUT2D eigenvalue weighted by molar-refractivity contribution is 5.77. The van der Waals surface area contributed by atoms with Crippen LogP contribution in [0.15, 0.2) is 0 Å². The third-order valence-electron chi connectivity index (χ3n) is 3.83. The Labute approximate surface area is 107 Å². The van der Waals surface area contributed by atoms with Gasteiger partial charge in [0.25, 0.3) is 0 Å². The molecule has 2 amide bonds. The molecule has 6 nitrogen and oxygen atoms in total. The second-order valence-electron chi connectivity index (χ2n) is 5.29. The van der Waals surface area contributed by atoms with E-state index in [-0.39, 0.29) is 11.9 Å². The van der Waals surface area contributed by atoms with Crippen molar-refractivity contribution < 1.29 is 14.7 Å². The number of hydrogen-bond acceptors (Lipinski definition) is 3. The summed E-state index contributed by atoms with van der Waals surface area (Å²) >= 11 is 0. The van der Waals surface area contributed by atoms with Gasteiger partial charge in [0.1, 0.15) is 0 Å². The van der Waals surface area contributed by atoms with Gasteiger partial charge in [-0.05, 0) is 18.8 Å². The second-order valence-corrected chi connectivity index (χ2v) is 5.29. The second kappa shape index (κ2) is 5.56. The maximum absolute atomic E-state index is 12.0. The summed E-state index contributed by atoms with van der Waals surface area (Å²) in [7, 11) is 0. The Hall–Kier alpha value is -1.30. The summed E-state index contributed by atoms with van der Waals surface area (Å²) in [6, 6.07) is -0.160. The zero-order chi connectivity index (χ0) is 13.1. The van der Waals surface area contributed by atoms with Gasteiger partial charge in [0, 0.05) is 26.2 Å². The summed E-state index contributed by atoms with van der Waals surface area (Å²) in [5.41, 5.74) is 2.87. The van der Waals surface area contributed by atoms with Crippen molar-refractivity contribution in [3.63, 3.8) is 0 Å². The SMILES string of the molecule is C[C@@H]1CN(C(=O)NN2CCCCC2)C[C@H]1C(=O)O. The van der Waals surface area contributed by atoms with Crippen LogP contribution in [0.5, 0.6) is 0 Å². The van der Waals surface area contributed by atoms with Crippen LogP contribution in [0.25, 0.3) is 0 Å². The monoisotopic (exact) mass is 255 g/mol. The van der Waals surface area contributed by atoms with Gasteiger partial charge in [-0.1, -0.05) is 13.3 Å². The first-order valence-electron chi connectivity index (χ1n) is 6.61. The number of carbonyl (C=O) groups excluding carboxylic acids is 1. The van der Waals surface area contributed by atoms with Gasteiger partial charge in [0.2, 0.25) is 0 Å². The molecular formula is C12H21N3O3. The largest absolute Gasteiger partial charge is 0.481 e. The molecule has 18 heavy (non-hydrogen) atoms. The highest BCUT2D eigenvalue weighted by Crippen LogP contribution is 2.23. The van der Waals surface area contributed by atoms with Gasteiger partial charge in [-0.15, -0.1) is 0 Å². The van der Waals surface area contributed by atoms with Crippen LogP contribution in [0.2, 0.25) is 0 Å². The van der Waals surface area contributed by atoms with E-state index in [4.69, 9.17) is 5.11 Å². The molecule has 6 heteroatoms. The summed E-state index contributed by atoms with van der Waals surface area (Å²) in [4.78, 5) is 24.6. The van der Waals surface area contributed by atoms with Crippen molar-refractivity contribution in [1.82, 2.24) is 15.3 Å². The first-order valence-corrected chi connectivity index (χ1v) is 6.61. The van der Waals surface area contributed by atoms with Crippen LogP contribution in [0.3, 0.4) is 0 Å². The molecule has 2 atom stereocenters. The van der Waals surface area contributed by atoms with E-state index in [1.807, 2.05) is 11.9 Å². The van der Waals surface area contributed by atoms with Crippen LogP contribution in [-0.2, 0) is 4.79 Å². The lowest BCUT2D eigenvalue weighted by molar-refractivity contribution is -0.142. The van der Waals surface area contributed by atoms with Gasteiger partial charge in [-0.25, -0.2) is 9.80 Å². The van der Waals surface area contributed by atoms with E-state index in [0.29, 0.717) is 13.1 Å². The Morgan fingerprint density at radius 2 is 1.83 bits per heavy atom. The average molecular weight is 255 g/mol. The minimum atomic E-state index is -0.809. The van der Waals surface area contributed by atoms with Crippen LogP contribution in [0, 0.1) is 11.8 Å². The Kier molecular flexibility index (Phi) is 4.06. The zero-order valence-electron chi connectivity index (χ0n) is 10.8. The maximum Gasteiger partial charge on any atom is 0.331 e. The normalized spacial score (nSPS) is 29.3. The third-order valence-corrected chi connectivity index (χ3v) is 3.83. The predicted octanol–water partition coefficient (Wildman–Crippen LogP) is 0.749. The van der Waals surface area contributed by atoms with E-state index >= 15 is 0 Å². The summed E-state index contributed by atoms with van der Waals surface area (Å²) < 4.78 is 0. The summed E-state index contributed by atoms with van der Waals surface area (Å²) in [6.07, 6.45) is 3.43. The molecule has 0 bridgehead atoms. The van der Waals surface area contributed by atoms with Crippen molar-refractivity contribution >= 4 is 12.0 Å². The Bertz CT molecular complexity index is 329. The minimum Gasteiger partial charge on any atom is -0.481 e. The smallest absolute Gasteiger partial charge is 0.331 e. The van der Waals surface area contributed by atoms with Crippen molar-refractivity contribution in [3.05, 3.63) is 0 Å². The van der Waals surface area contributed by atoms with Crippen LogP contribution in [-0.4, -0.2) is 53.2 Å². The highest BCUT2D eigenvalue weighted by Gasteiger charge is 2.37. The molecule has 102 valence electrons. The van der Waals surface area contributed by atoms with E-state index in [1.165, 1.54) is 6.42 Å². The number of carbonyl (C=O) groups is 2. The van der Waals surface area contributed by atoms with Gasteiger partial charge in [0.05, 0.1) is 5.92 Å². The quantitative estimate of drug-likeness (QED) is 0.763. The van der Waals surface area contributed by atoms with Crippen molar-refractivity contribution in [2.24, 2.45) is 11.8 Å². The molecule has 0 aromatic heterocycles. The molecule has 0 saturated carbocycles. The fourth-order valence-electron chi connectivity index (χ4n) is 2.67. The number of piperidine rings is 1. The lowest BCUT2D eigenvalue weighted by Crippen LogP contribution is -2.50. The topological polar surface area (TPSA) is 72.9 Å². The molecular weight excluding hydrogens is 234 g/mol. The lowest BCUT2D eigenvalue weighted by atomic mass is 9.99. The van der Waals surface area contributed by atoms with E-state index in [2.05, 4.69) is 5.43 Å². The molecule has 2 fully saturated rings. The fourth-order valence-corrected chi connectivity index (χ4v) is 2.67. The van der Waals surface area contributed by atoms with E-state index in [0.717, 1.165) is 25.9 Å². The number of likely N-dealkylation sites (tertiary alicyclic amines) is 1. The van der Waals surface area contributed by atoms with Crippen LogP contribution in [0.4, 0.5) is 4.79 Å². The number of urea groups is 1. The molecule has 0 spiro atoms. The first kappa shape index (κ1) is 13.1. The number of carboxylic acids is 1. The van der Waals surface area contributed by atoms with Crippen molar-refractivity contribution in [2.75, 3.05) is 26.2 Å². The Morgan fingerprint density at radius 3 is 2.39 bits per heavy atom. The number of hydrogen-bond donors (Lipinski definition) is 2. The third kappa shape index (κ3) is 2.93. The lowest BCUT2D eigenvalue weighted by Gasteiger charge is -2.29. The van der Waals surface area contributed by atoms with Crippen LogP contribution < -0.4 is 5.43 Å². The molecule has 2 rings (SSSR count). The molecule has 2 aliphatic heterocycles. The summed E-state index contributed by atoms with van der Waals surface area (Å²) in [5, 5.41) is 11.0. The Morgan fingerprint density at radius 1 is 1.17 bits per heavy atom. The molecule has 0 aliphatic carbocycles. The van der Waals surface area contributed by atoms with Crippen molar-refractivity contribution in [2.45, 2.75) is 26.2 Å². The number of nitrogens with zero attached hydrogens (tertiary/aromatic N) is 2. The van der Waals surface area contributed by atoms with Gasteiger partial charge >= 0.3 is 12.0 Å². The van der Waals surface area contributed by atoms with Crippen molar-refractivity contribution in [3.8, 4) is 0 Å². The highest BCUT2D eigenvalue weighted by atomic mass is 16.4. The van der Waals surface area contributed by atoms with Gasteiger partial charge in [-0.3, -0.25) is 10.2 Å². The molecule has 0 aromatic carbocycles. The molecule has 0 radical (unpaired) electrons. The average Bonchev–Trinajstić information content (AvgIpc) is 2.73. The Balaban J connectivity index is 1.84.